The topological polar surface area (TPSA) is 63.3 Å². The minimum atomic E-state index is -0.867. The highest BCUT2D eigenvalue weighted by molar-refractivity contribution is 9.10. The summed E-state index contributed by atoms with van der Waals surface area (Å²) in [5.41, 5.74) is 4.92. The van der Waals surface area contributed by atoms with E-state index >= 15 is 0 Å². The summed E-state index contributed by atoms with van der Waals surface area (Å²) in [6.45, 7) is 3.35. The van der Waals surface area contributed by atoms with Crippen molar-refractivity contribution in [3.05, 3.63) is 28.2 Å². The summed E-state index contributed by atoms with van der Waals surface area (Å²) in [5.74, 6) is -0.401. The molecule has 0 saturated carbocycles. The third-order valence-electron chi connectivity index (χ3n) is 2.28. The lowest BCUT2D eigenvalue weighted by Crippen LogP contribution is -2.35. The van der Waals surface area contributed by atoms with E-state index in [4.69, 9.17) is 5.73 Å². The lowest BCUT2D eigenvalue weighted by atomic mass is 9.83. The number of carbonyl (C=O) groups is 1. The first-order chi connectivity index (χ1) is 6.37. The van der Waals surface area contributed by atoms with Gasteiger partial charge in [0.1, 0.15) is 5.75 Å². The average Bonchev–Trinajstić information content (AvgIpc) is 2.09. The second kappa shape index (κ2) is 3.61. The molecular weight excluding hydrogens is 246 g/mol. The van der Waals surface area contributed by atoms with Crippen LogP contribution in [0.5, 0.6) is 5.75 Å². The zero-order valence-corrected chi connectivity index (χ0v) is 9.63. The maximum absolute atomic E-state index is 11.2. The molecule has 0 aliphatic rings. The van der Waals surface area contributed by atoms with Gasteiger partial charge in [0.05, 0.1) is 9.89 Å². The highest BCUT2D eigenvalue weighted by atomic mass is 79.9. The van der Waals surface area contributed by atoms with Crippen LogP contribution < -0.4 is 5.73 Å². The zero-order valence-electron chi connectivity index (χ0n) is 8.04. The van der Waals surface area contributed by atoms with Crippen molar-refractivity contribution in [2.75, 3.05) is 0 Å². The first-order valence-corrected chi connectivity index (χ1v) is 4.94. The summed E-state index contributed by atoms with van der Waals surface area (Å²) >= 11 is 3.19. The Labute approximate surface area is 91.1 Å². The predicted molar refractivity (Wildman–Crippen MR) is 58.0 cm³/mol. The molecule has 0 saturated heterocycles. The van der Waals surface area contributed by atoms with Crippen LogP contribution in [0, 0.1) is 0 Å². The van der Waals surface area contributed by atoms with Gasteiger partial charge in [-0.2, -0.15) is 0 Å². The van der Waals surface area contributed by atoms with Crippen molar-refractivity contribution < 1.29 is 9.90 Å². The van der Waals surface area contributed by atoms with Crippen molar-refractivity contribution in [1.29, 1.82) is 0 Å². The maximum atomic E-state index is 11.2. The third-order valence-corrected chi connectivity index (χ3v) is 2.92. The molecular formula is C10H12BrNO2. The quantitative estimate of drug-likeness (QED) is 0.851. The van der Waals surface area contributed by atoms with E-state index < -0.39 is 11.3 Å². The number of carbonyl (C=O) groups excluding carboxylic acids is 1. The molecule has 0 radical (unpaired) electrons. The monoisotopic (exact) mass is 257 g/mol. The van der Waals surface area contributed by atoms with Crippen molar-refractivity contribution in [2.45, 2.75) is 19.3 Å². The average molecular weight is 258 g/mol. The molecule has 1 amide bonds. The van der Waals surface area contributed by atoms with Gasteiger partial charge in [0.15, 0.2) is 0 Å². The van der Waals surface area contributed by atoms with Crippen molar-refractivity contribution in [2.24, 2.45) is 5.73 Å². The second-order valence-electron chi connectivity index (χ2n) is 3.63. The van der Waals surface area contributed by atoms with E-state index in [0.29, 0.717) is 10.0 Å². The number of nitrogens with two attached hydrogens (primary N) is 1. The summed E-state index contributed by atoms with van der Waals surface area (Å²) in [7, 11) is 0. The Morgan fingerprint density at radius 1 is 1.50 bits per heavy atom. The smallest absolute Gasteiger partial charge is 0.227 e. The van der Waals surface area contributed by atoms with Crippen LogP contribution in [0.1, 0.15) is 19.4 Å². The first kappa shape index (κ1) is 11.0. The first-order valence-electron chi connectivity index (χ1n) is 4.15. The zero-order chi connectivity index (χ0) is 10.9. The van der Waals surface area contributed by atoms with Gasteiger partial charge in [0.2, 0.25) is 5.91 Å². The van der Waals surface area contributed by atoms with Crippen LogP contribution in [0.4, 0.5) is 0 Å². The molecule has 0 bridgehead atoms. The van der Waals surface area contributed by atoms with E-state index in [1.807, 2.05) is 0 Å². The fourth-order valence-corrected chi connectivity index (χ4v) is 1.52. The van der Waals surface area contributed by atoms with Crippen LogP contribution in [0.2, 0.25) is 0 Å². The molecule has 0 aromatic heterocycles. The molecule has 76 valence electrons. The molecule has 0 heterocycles. The molecule has 1 rings (SSSR count). The Hall–Kier alpha value is -1.03. The van der Waals surface area contributed by atoms with Crippen LogP contribution in [0.15, 0.2) is 22.7 Å². The number of primary amides is 1. The van der Waals surface area contributed by atoms with Gasteiger partial charge in [-0.15, -0.1) is 0 Å². The fourth-order valence-electron chi connectivity index (χ4n) is 1.15. The van der Waals surface area contributed by atoms with Crippen molar-refractivity contribution in [3.8, 4) is 5.75 Å². The Morgan fingerprint density at radius 3 is 2.57 bits per heavy atom. The van der Waals surface area contributed by atoms with Gasteiger partial charge in [-0.05, 0) is 35.8 Å². The minimum Gasteiger partial charge on any atom is -0.506 e. The van der Waals surface area contributed by atoms with Crippen LogP contribution in [0.3, 0.4) is 0 Å². The SMILES string of the molecule is CC(C)(C(N)=O)c1cccc(Br)c1O. The van der Waals surface area contributed by atoms with Gasteiger partial charge in [0, 0.05) is 5.56 Å². The van der Waals surface area contributed by atoms with Crippen LogP contribution in [-0.4, -0.2) is 11.0 Å². The Bertz CT molecular complexity index is 374. The van der Waals surface area contributed by atoms with Crippen molar-refractivity contribution >= 4 is 21.8 Å². The third kappa shape index (κ3) is 1.75. The summed E-state index contributed by atoms with van der Waals surface area (Å²) in [5, 5.41) is 9.73. The molecule has 1 aromatic rings. The summed E-state index contributed by atoms with van der Waals surface area (Å²) in [6, 6.07) is 5.14. The van der Waals surface area contributed by atoms with E-state index in [1.165, 1.54) is 0 Å². The predicted octanol–water partition coefficient (Wildman–Crippen LogP) is 1.92. The molecule has 0 unspecified atom stereocenters. The van der Waals surface area contributed by atoms with Crippen LogP contribution in [-0.2, 0) is 10.2 Å². The number of amides is 1. The van der Waals surface area contributed by atoms with Gasteiger partial charge in [0.25, 0.3) is 0 Å². The summed E-state index contributed by atoms with van der Waals surface area (Å²) in [6.07, 6.45) is 0. The summed E-state index contributed by atoms with van der Waals surface area (Å²) < 4.78 is 0.560. The fraction of sp³-hybridized carbons (Fsp3) is 0.300. The minimum absolute atomic E-state index is 0.0660. The van der Waals surface area contributed by atoms with Gasteiger partial charge >= 0.3 is 0 Å². The van der Waals surface area contributed by atoms with Crippen molar-refractivity contribution in [3.63, 3.8) is 0 Å². The number of hydrogen-bond donors (Lipinski definition) is 2. The molecule has 1 aromatic carbocycles. The van der Waals surface area contributed by atoms with Gasteiger partial charge in [-0.1, -0.05) is 12.1 Å². The lowest BCUT2D eigenvalue weighted by molar-refractivity contribution is -0.122. The lowest BCUT2D eigenvalue weighted by Gasteiger charge is -2.22. The number of phenols is 1. The normalized spacial score (nSPS) is 11.4. The number of aromatic hydroxyl groups is 1. The number of para-hydroxylation sites is 1. The Kier molecular flexibility index (Phi) is 2.85. The molecule has 0 atom stereocenters. The molecule has 14 heavy (non-hydrogen) atoms. The standard InChI is InChI=1S/C10H12BrNO2/c1-10(2,9(12)14)6-4-3-5-7(11)8(6)13/h3-5,13H,1-2H3,(H2,12,14). The number of rotatable bonds is 2. The molecule has 3 nitrogen and oxygen atoms in total. The highest BCUT2D eigenvalue weighted by Gasteiger charge is 2.30. The van der Waals surface area contributed by atoms with Crippen molar-refractivity contribution in [1.82, 2.24) is 0 Å². The van der Waals surface area contributed by atoms with Crippen LogP contribution in [0.25, 0.3) is 0 Å². The Balaban J connectivity index is 3.33. The molecule has 3 N–H and O–H groups in total. The molecule has 0 aliphatic carbocycles. The second-order valence-corrected chi connectivity index (χ2v) is 4.48. The van der Waals surface area contributed by atoms with E-state index in [0.717, 1.165) is 0 Å². The number of phenolic OH excluding ortho intramolecular Hbond substituents is 1. The molecule has 0 spiro atoms. The maximum Gasteiger partial charge on any atom is 0.227 e. The number of halogens is 1. The largest absolute Gasteiger partial charge is 0.506 e. The van der Waals surface area contributed by atoms with Crippen LogP contribution >= 0.6 is 15.9 Å². The van der Waals surface area contributed by atoms with Gasteiger partial charge in [-0.3, -0.25) is 4.79 Å². The van der Waals surface area contributed by atoms with Gasteiger partial charge < -0.3 is 10.8 Å². The molecule has 4 heteroatoms. The number of benzene rings is 1. The summed E-state index contributed by atoms with van der Waals surface area (Å²) in [4.78, 5) is 11.2. The number of hydrogen-bond acceptors (Lipinski definition) is 2. The molecule has 0 fully saturated rings. The van der Waals surface area contributed by atoms with E-state index in [9.17, 15) is 9.90 Å². The van der Waals surface area contributed by atoms with E-state index in [1.54, 1.807) is 32.0 Å². The van der Waals surface area contributed by atoms with E-state index in [2.05, 4.69) is 15.9 Å². The van der Waals surface area contributed by atoms with Gasteiger partial charge in [-0.25, -0.2) is 0 Å². The van der Waals surface area contributed by atoms with E-state index in [-0.39, 0.29) is 5.75 Å². The Morgan fingerprint density at radius 2 is 2.07 bits per heavy atom. The molecule has 0 aliphatic heterocycles. The highest BCUT2D eigenvalue weighted by Crippen LogP contribution is 2.35.